The monoisotopic (exact) mass is 386 g/mol. The molecule has 0 saturated heterocycles. The molecule has 0 aliphatic heterocycles. The van der Waals surface area contributed by atoms with E-state index in [9.17, 15) is 14.7 Å². The quantitative estimate of drug-likeness (QED) is 0.326. The summed E-state index contributed by atoms with van der Waals surface area (Å²) in [5.41, 5.74) is 0.327. The molecule has 2 aromatic carbocycles. The third kappa shape index (κ3) is 8.46. The van der Waals surface area contributed by atoms with Crippen molar-refractivity contribution in [1.29, 1.82) is 0 Å². The summed E-state index contributed by atoms with van der Waals surface area (Å²) in [6, 6.07) is 16.8. The van der Waals surface area contributed by atoms with Crippen molar-refractivity contribution in [2.75, 3.05) is 0 Å². The lowest BCUT2D eigenvalue weighted by Crippen LogP contribution is -2.28. The molecule has 0 heterocycles. The number of aliphatic hydroxyl groups excluding tert-OH is 2. The summed E-state index contributed by atoms with van der Waals surface area (Å²) in [5.74, 6) is -0.678. The van der Waals surface area contributed by atoms with Crippen LogP contribution in [0.4, 0.5) is 0 Å². The summed E-state index contributed by atoms with van der Waals surface area (Å²) in [6.45, 7) is 7.72. The molecule has 3 unspecified atom stereocenters. The number of ketones is 1. The molecule has 0 aliphatic carbocycles. The number of hydrogen-bond donors (Lipinski definition) is 2. The van der Waals surface area contributed by atoms with Crippen LogP contribution in [-0.4, -0.2) is 34.2 Å². The van der Waals surface area contributed by atoms with E-state index in [0.717, 1.165) is 6.42 Å². The van der Waals surface area contributed by atoms with Crippen molar-refractivity contribution in [3.63, 3.8) is 0 Å². The predicted octanol–water partition coefficient (Wildman–Crippen LogP) is 3.89. The molecule has 152 valence electrons. The number of carbonyl (C=O) groups excluding carboxylic acids is 2. The number of carbonyl (C=O) groups is 2. The summed E-state index contributed by atoms with van der Waals surface area (Å²) >= 11 is 0. The van der Waals surface area contributed by atoms with Gasteiger partial charge in [-0.25, -0.2) is 4.79 Å². The average molecular weight is 386 g/mol. The molecule has 0 spiro atoms. The Morgan fingerprint density at radius 2 is 1.36 bits per heavy atom. The zero-order valence-electron chi connectivity index (χ0n) is 16.9. The van der Waals surface area contributed by atoms with Crippen LogP contribution < -0.4 is 4.74 Å². The van der Waals surface area contributed by atoms with Crippen LogP contribution >= 0.6 is 0 Å². The van der Waals surface area contributed by atoms with E-state index >= 15 is 0 Å². The van der Waals surface area contributed by atoms with Crippen molar-refractivity contribution >= 4 is 11.8 Å². The standard InChI is InChI=1S/C14H10O3.C9H20O2/c15-13(11-7-3-1-4-8-11)14(16)17-12-9-5-2-6-10-12;1-6(2)5-9(11)7(3)8(4)10/h1-10H;6-11H,5H2,1-4H3. The number of aliphatic hydroxyl groups is 2. The van der Waals surface area contributed by atoms with Crippen molar-refractivity contribution in [1.82, 2.24) is 0 Å². The highest BCUT2D eigenvalue weighted by Gasteiger charge is 2.19. The topological polar surface area (TPSA) is 83.8 Å². The number of Topliss-reactive ketones (excluding diaryl/α,β-unsaturated/α-hetero) is 1. The Morgan fingerprint density at radius 3 is 1.82 bits per heavy atom. The van der Waals surface area contributed by atoms with E-state index in [4.69, 9.17) is 9.84 Å². The van der Waals surface area contributed by atoms with Crippen molar-refractivity contribution in [2.24, 2.45) is 11.8 Å². The zero-order valence-corrected chi connectivity index (χ0v) is 16.9. The molecular formula is C23H30O5. The molecule has 2 rings (SSSR count). The van der Waals surface area contributed by atoms with Crippen molar-refractivity contribution < 1.29 is 24.5 Å². The summed E-state index contributed by atoms with van der Waals surface area (Å²) in [7, 11) is 0. The molecular weight excluding hydrogens is 356 g/mol. The second kappa shape index (κ2) is 12.1. The molecule has 28 heavy (non-hydrogen) atoms. The highest BCUT2D eigenvalue weighted by atomic mass is 16.5. The smallest absolute Gasteiger partial charge is 0.385 e. The van der Waals surface area contributed by atoms with Gasteiger partial charge in [0.25, 0.3) is 5.78 Å². The molecule has 0 saturated carbocycles. The lowest BCUT2D eigenvalue weighted by atomic mass is 9.92. The first kappa shape index (κ1) is 23.5. The number of rotatable bonds is 7. The Kier molecular flexibility index (Phi) is 10.1. The van der Waals surface area contributed by atoms with Gasteiger partial charge in [-0.2, -0.15) is 0 Å². The van der Waals surface area contributed by atoms with E-state index in [1.165, 1.54) is 0 Å². The first-order valence-corrected chi connectivity index (χ1v) is 9.45. The van der Waals surface area contributed by atoms with Gasteiger partial charge in [0.2, 0.25) is 0 Å². The number of benzene rings is 2. The van der Waals surface area contributed by atoms with Crippen LogP contribution in [0.15, 0.2) is 60.7 Å². The van der Waals surface area contributed by atoms with Crippen LogP contribution in [0.5, 0.6) is 5.75 Å². The molecule has 3 atom stereocenters. The van der Waals surface area contributed by atoms with E-state index < -0.39 is 17.9 Å². The van der Waals surface area contributed by atoms with E-state index in [-0.39, 0.29) is 12.0 Å². The van der Waals surface area contributed by atoms with Gasteiger partial charge in [0.15, 0.2) is 0 Å². The first-order valence-electron chi connectivity index (χ1n) is 9.45. The van der Waals surface area contributed by atoms with Crippen molar-refractivity contribution in [3.8, 4) is 5.75 Å². The molecule has 5 nitrogen and oxygen atoms in total. The van der Waals surface area contributed by atoms with Gasteiger partial charge in [-0.3, -0.25) is 4.79 Å². The van der Waals surface area contributed by atoms with Gasteiger partial charge < -0.3 is 14.9 Å². The number of ether oxygens (including phenoxy) is 1. The van der Waals surface area contributed by atoms with Crippen molar-refractivity contribution in [3.05, 3.63) is 66.2 Å². The Morgan fingerprint density at radius 1 is 0.857 bits per heavy atom. The Hall–Kier alpha value is -2.50. The molecule has 0 aromatic heterocycles. The van der Waals surface area contributed by atoms with Crippen LogP contribution in [0.3, 0.4) is 0 Å². The maximum absolute atomic E-state index is 11.7. The molecule has 0 bridgehead atoms. The summed E-state index contributed by atoms with van der Waals surface area (Å²) in [4.78, 5) is 23.2. The minimum atomic E-state index is -0.873. The Labute approximate surface area is 167 Å². The molecule has 2 N–H and O–H groups in total. The fourth-order valence-corrected chi connectivity index (χ4v) is 2.37. The minimum Gasteiger partial charge on any atom is -0.421 e. The van der Waals surface area contributed by atoms with Gasteiger partial charge in [0.1, 0.15) is 5.75 Å². The van der Waals surface area contributed by atoms with Gasteiger partial charge >= 0.3 is 5.97 Å². The highest BCUT2D eigenvalue weighted by molar-refractivity contribution is 6.41. The number of esters is 1. The Balaban J connectivity index is 0.000000311. The summed E-state index contributed by atoms with van der Waals surface area (Å²) < 4.78 is 4.94. The lowest BCUT2D eigenvalue weighted by molar-refractivity contribution is -0.129. The van der Waals surface area contributed by atoms with Gasteiger partial charge in [0, 0.05) is 11.5 Å². The fraction of sp³-hybridized carbons (Fsp3) is 0.391. The molecule has 0 aliphatic rings. The van der Waals surface area contributed by atoms with Crippen LogP contribution in [0.1, 0.15) is 44.5 Å². The van der Waals surface area contributed by atoms with Crippen LogP contribution in [0.25, 0.3) is 0 Å². The molecule has 0 radical (unpaired) electrons. The van der Waals surface area contributed by atoms with Crippen LogP contribution in [-0.2, 0) is 4.79 Å². The molecule has 0 amide bonds. The predicted molar refractivity (Wildman–Crippen MR) is 109 cm³/mol. The summed E-state index contributed by atoms with van der Waals surface area (Å²) in [5, 5.41) is 18.6. The second-order valence-electron chi connectivity index (χ2n) is 7.19. The van der Waals surface area contributed by atoms with E-state index in [1.54, 1.807) is 67.6 Å². The molecule has 0 fully saturated rings. The van der Waals surface area contributed by atoms with Crippen molar-refractivity contribution in [2.45, 2.75) is 46.3 Å². The largest absolute Gasteiger partial charge is 0.421 e. The van der Waals surface area contributed by atoms with Crippen LogP contribution in [0.2, 0.25) is 0 Å². The molecule has 5 heteroatoms. The SMILES string of the molecule is CC(C)CC(O)C(C)C(C)O.O=C(Oc1ccccc1)C(=O)c1ccccc1. The normalized spacial score (nSPS) is 13.7. The lowest BCUT2D eigenvalue weighted by Gasteiger charge is -2.22. The maximum atomic E-state index is 11.7. The van der Waals surface area contributed by atoms with E-state index in [2.05, 4.69) is 13.8 Å². The second-order valence-corrected chi connectivity index (χ2v) is 7.19. The fourth-order valence-electron chi connectivity index (χ4n) is 2.37. The number of hydrogen-bond acceptors (Lipinski definition) is 5. The van der Waals surface area contributed by atoms with Gasteiger partial charge in [-0.15, -0.1) is 0 Å². The van der Waals surface area contributed by atoms with Gasteiger partial charge in [-0.1, -0.05) is 69.3 Å². The van der Waals surface area contributed by atoms with E-state index in [1.807, 2.05) is 6.92 Å². The molecule has 2 aromatic rings. The third-order valence-corrected chi connectivity index (χ3v) is 4.26. The van der Waals surface area contributed by atoms with Crippen LogP contribution in [0, 0.1) is 11.8 Å². The summed E-state index contributed by atoms with van der Waals surface area (Å²) in [6.07, 6.45) is -0.00903. The highest BCUT2D eigenvalue weighted by Crippen LogP contribution is 2.15. The third-order valence-electron chi connectivity index (χ3n) is 4.26. The Bertz CT molecular complexity index is 710. The average Bonchev–Trinajstić information content (AvgIpc) is 2.68. The van der Waals surface area contributed by atoms with E-state index in [0.29, 0.717) is 17.2 Å². The minimum absolute atomic E-state index is 0.0163. The zero-order chi connectivity index (χ0) is 21.1. The maximum Gasteiger partial charge on any atom is 0.385 e. The van der Waals surface area contributed by atoms with Gasteiger partial charge in [0.05, 0.1) is 12.2 Å². The number of para-hydroxylation sites is 1. The first-order chi connectivity index (χ1) is 13.2. The van der Waals surface area contributed by atoms with Gasteiger partial charge in [-0.05, 0) is 31.4 Å².